The van der Waals surface area contributed by atoms with Gasteiger partial charge < -0.3 is 18.6 Å². The van der Waals surface area contributed by atoms with Crippen LogP contribution in [0.2, 0.25) is 0 Å². The maximum absolute atomic E-state index is 6.62. The summed E-state index contributed by atoms with van der Waals surface area (Å²) in [7, 11) is 0. The van der Waals surface area contributed by atoms with Gasteiger partial charge in [0.15, 0.2) is 0 Å². The maximum Gasteiger partial charge on any atom is 0.248 e. The molecule has 0 aliphatic carbocycles. The fourth-order valence-corrected chi connectivity index (χ4v) is 14.9. The Balaban J connectivity index is 1.07. The molecule has 4 nitrogen and oxygen atoms in total. The average molecular weight is 971 g/mol. The number of nitrogens with zero attached hydrogens (tertiary/aromatic N) is 2. The van der Waals surface area contributed by atoms with Crippen LogP contribution < -0.4 is 42.6 Å². The molecular weight excluding hydrogens is 922 g/mol. The summed E-state index contributed by atoms with van der Waals surface area (Å²) in [4.78, 5) is 5.39. The number of anilines is 6. The molecule has 5 heterocycles. The van der Waals surface area contributed by atoms with Gasteiger partial charge in [-0.15, -0.1) is 0 Å². The maximum atomic E-state index is 6.62. The van der Waals surface area contributed by atoms with E-state index >= 15 is 0 Å². The zero-order chi connectivity index (χ0) is 50.6. The van der Waals surface area contributed by atoms with Gasteiger partial charge in [-0.2, -0.15) is 0 Å². The molecule has 14 aromatic rings. The first kappa shape index (κ1) is 42.4. The van der Waals surface area contributed by atoms with E-state index in [4.69, 9.17) is 8.83 Å². The number of benzene rings is 12. The Hall–Kier alpha value is -8.99. The molecule has 17 rings (SSSR count). The van der Waals surface area contributed by atoms with E-state index in [1.165, 1.54) is 143 Å². The third-order valence-corrected chi connectivity index (χ3v) is 17.7. The fourth-order valence-electron chi connectivity index (χ4n) is 14.9. The predicted octanol–water partition coefficient (Wildman–Crippen LogP) is 14.9. The van der Waals surface area contributed by atoms with E-state index in [2.05, 4.69) is 233 Å². The number of hydrogen-bond donors (Lipinski definition) is 0. The Morgan fingerprint density at radius 3 is 1.07 bits per heavy atom. The van der Waals surface area contributed by atoms with Crippen LogP contribution in [0.1, 0.15) is 33.4 Å². The second kappa shape index (κ2) is 14.9. The van der Waals surface area contributed by atoms with Crippen LogP contribution in [0.3, 0.4) is 0 Å². The van der Waals surface area contributed by atoms with Gasteiger partial charge in [-0.25, -0.2) is 0 Å². The van der Waals surface area contributed by atoms with Crippen molar-refractivity contribution in [3.63, 3.8) is 0 Å². The molecule has 2 aromatic heterocycles. The molecular formula is C70H48B2N2O2. The van der Waals surface area contributed by atoms with Crippen molar-refractivity contribution < 1.29 is 8.83 Å². The van der Waals surface area contributed by atoms with E-state index in [0.29, 0.717) is 0 Å². The quantitative estimate of drug-likeness (QED) is 0.162. The highest BCUT2D eigenvalue weighted by Gasteiger charge is 2.49. The smallest absolute Gasteiger partial charge is 0.248 e. The third-order valence-electron chi connectivity index (χ3n) is 17.7. The van der Waals surface area contributed by atoms with Crippen molar-refractivity contribution >= 4 is 167 Å². The van der Waals surface area contributed by atoms with Gasteiger partial charge in [-0.1, -0.05) is 166 Å². The van der Waals surface area contributed by atoms with E-state index in [1.807, 2.05) is 0 Å². The summed E-state index contributed by atoms with van der Waals surface area (Å²) in [5, 5.41) is 14.3. The van der Waals surface area contributed by atoms with E-state index in [1.54, 1.807) is 0 Å². The van der Waals surface area contributed by atoms with Gasteiger partial charge in [0.2, 0.25) is 13.4 Å². The summed E-state index contributed by atoms with van der Waals surface area (Å²) in [5.74, 6) is 0. The molecule has 0 atom stereocenters. The zero-order valence-electron chi connectivity index (χ0n) is 43.2. The van der Waals surface area contributed by atoms with Crippen molar-refractivity contribution in [1.29, 1.82) is 0 Å². The number of aryl methyl sites for hydroxylation is 6. The van der Waals surface area contributed by atoms with E-state index in [0.717, 1.165) is 43.9 Å². The SMILES string of the molecule is Cc1cc(C)c(B2c3cc4cc5oc6ccccc6c5cc4cc3N3c4cc5ccccc5c5c4N(c4cc6cc7c(cc6cc4B5c4c(C)cc(C)cc4C)oc4ccccc47)c4cc5ccccc5c2c43)c(C)c1. The summed E-state index contributed by atoms with van der Waals surface area (Å²) in [6, 6.07) is 69.1. The first-order valence-corrected chi connectivity index (χ1v) is 26.8. The highest BCUT2D eigenvalue weighted by atomic mass is 16.3. The summed E-state index contributed by atoms with van der Waals surface area (Å²) >= 11 is 0. The molecule has 76 heavy (non-hydrogen) atoms. The van der Waals surface area contributed by atoms with Crippen LogP contribution in [0.5, 0.6) is 0 Å². The minimum atomic E-state index is -0.0851. The number of furan rings is 2. The predicted molar refractivity (Wildman–Crippen MR) is 325 cm³/mol. The molecule has 0 N–H and O–H groups in total. The molecule has 3 aliphatic heterocycles. The molecule has 0 amide bonds. The van der Waals surface area contributed by atoms with Gasteiger partial charge in [-0.05, 0) is 167 Å². The lowest BCUT2D eigenvalue weighted by molar-refractivity contribution is 0.669. The van der Waals surface area contributed by atoms with E-state index in [9.17, 15) is 0 Å². The van der Waals surface area contributed by atoms with Crippen LogP contribution in [0.15, 0.2) is 191 Å². The number of para-hydroxylation sites is 2. The molecule has 0 radical (unpaired) electrons. The van der Waals surface area contributed by atoms with Crippen molar-refractivity contribution in [3.05, 3.63) is 215 Å². The number of hydrogen-bond acceptors (Lipinski definition) is 4. The summed E-state index contributed by atoms with van der Waals surface area (Å²) in [5.41, 5.74) is 26.7. The second-order valence-electron chi connectivity index (χ2n) is 22.3. The molecule has 0 fully saturated rings. The van der Waals surface area contributed by atoms with Gasteiger partial charge in [0.1, 0.15) is 22.3 Å². The lowest BCUT2D eigenvalue weighted by Crippen LogP contribution is -2.62. The molecule has 0 saturated heterocycles. The largest absolute Gasteiger partial charge is 0.456 e. The Morgan fingerprint density at radius 2 is 0.645 bits per heavy atom. The van der Waals surface area contributed by atoms with Crippen molar-refractivity contribution in [1.82, 2.24) is 0 Å². The van der Waals surface area contributed by atoms with Gasteiger partial charge in [0, 0.05) is 32.9 Å². The first-order valence-electron chi connectivity index (χ1n) is 26.8. The molecule has 0 saturated carbocycles. The van der Waals surface area contributed by atoms with Gasteiger partial charge in [-0.3, -0.25) is 0 Å². The minimum absolute atomic E-state index is 0.0851. The second-order valence-corrected chi connectivity index (χ2v) is 22.3. The van der Waals surface area contributed by atoms with E-state index in [-0.39, 0.29) is 13.4 Å². The standard InChI is InChI=1S/C70H48B2N2O2/c1-37-23-39(3)65(40(4)24-37)71-55-29-47-35-63-53(51-19-11-13-21-61(51)75-63)27-45(47)33-57(55)73-60-32-44-16-8-10-18-50(44)68-70(60)74(59-31-43-15-7-9-17-49(43)67(71)69(59)73)58-34-46-28-54-52-20-12-14-22-62(52)76-64(54)36-48(46)30-56(58)72(68)66-41(5)25-38(2)26-42(66)6/h7-36H,1-6H3. The zero-order valence-corrected chi connectivity index (χ0v) is 43.2. The molecule has 0 spiro atoms. The normalized spacial score (nSPS) is 13.6. The van der Waals surface area contributed by atoms with Crippen molar-refractivity contribution in [2.24, 2.45) is 0 Å². The number of rotatable bonds is 2. The Bertz CT molecular complexity index is 4640. The molecule has 12 aromatic carbocycles. The topological polar surface area (TPSA) is 32.8 Å². The number of fused-ring (bicyclic) bond motifs is 18. The lowest BCUT2D eigenvalue weighted by atomic mass is 9.32. The van der Waals surface area contributed by atoms with Crippen LogP contribution in [-0.2, 0) is 0 Å². The summed E-state index contributed by atoms with van der Waals surface area (Å²) in [6.45, 7) is 13.6. The summed E-state index contributed by atoms with van der Waals surface area (Å²) in [6.07, 6.45) is 0. The van der Waals surface area contributed by atoms with Crippen LogP contribution in [0.25, 0.3) is 87.0 Å². The lowest BCUT2D eigenvalue weighted by Gasteiger charge is -2.50. The Kier molecular flexibility index (Phi) is 8.29. The van der Waals surface area contributed by atoms with Crippen LogP contribution >= 0.6 is 0 Å². The monoisotopic (exact) mass is 970 g/mol. The average Bonchev–Trinajstić information content (AvgIpc) is 4.09. The Labute approximate surface area is 440 Å². The van der Waals surface area contributed by atoms with Crippen molar-refractivity contribution in [2.75, 3.05) is 9.80 Å². The third kappa shape index (κ3) is 5.55. The van der Waals surface area contributed by atoms with Crippen molar-refractivity contribution in [2.45, 2.75) is 41.5 Å². The molecule has 0 unspecified atom stereocenters. The summed E-state index contributed by atoms with van der Waals surface area (Å²) < 4.78 is 13.2. The molecule has 356 valence electrons. The van der Waals surface area contributed by atoms with Gasteiger partial charge in [0.25, 0.3) is 0 Å². The highest BCUT2D eigenvalue weighted by Crippen LogP contribution is 2.57. The van der Waals surface area contributed by atoms with Crippen LogP contribution in [0, 0.1) is 41.5 Å². The molecule has 3 aliphatic rings. The molecule has 6 heteroatoms. The van der Waals surface area contributed by atoms with Gasteiger partial charge >= 0.3 is 0 Å². The molecule has 0 bridgehead atoms. The van der Waals surface area contributed by atoms with Crippen LogP contribution in [0.4, 0.5) is 34.1 Å². The van der Waals surface area contributed by atoms with E-state index < -0.39 is 0 Å². The Morgan fingerprint density at radius 1 is 0.289 bits per heavy atom. The highest BCUT2D eigenvalue weighted by molar-refractivity contribution is 7.01. The minimum Gasteiger partial charge on any atom is -0.456 e. The van der Waals surface area contributed by atoms with Gasteiger partial charge in [0.05, 0.1) is 22.7 Å². The van der Waals surface area contributed by atoms with Crippen LogP contribution in [-0.4, -0.2) is 13.4 Å². The first-order chi connectivity index (χ1) is 37.1. The fraction of sp³-hybridized carbons (Fsp3) is 0.0857. The van der Waals surface area contributed by atoms with Crippen molar-refractivity contribution in [3.8, 4) is 0 Å².